The number of nitrogens with one attached hydrogen (secondary N) is 1. The zero-order chi connectivity index (χ0) is 14.4. The largest absolute Gasteiger partial charge is 0.374 e. The van der Waals surface area contributed by atoms with Gasteiger partial charge >= 0.3 is 0 Å². The van der Waals surface area contributed by atoms with Crippen molar-refractivity contribution in [2.75, 3.05) is 5.32 Å². The van der Waals surface area contributed by atoms with Crippen LogP contribution in [0.15, 0.2) is 48.7 Å². The minimum atomic E-state index is -0.537. The van der Waals surface area contributed by atoms with E-state index in [9.17, 15) is 8.78 Å². The summed E-state index contributed by atoms with van der Waals surface area (Å²) in [5.41, 5.74) is 2.00. The van der Waals surface area contributed by atoms with E-state index in [4.69, 9.17) is 0 Å². The molecular formula is C17H14F2N2. The van der Waals surface area contributed by atoms with Gasteiger partial charge in [0, 0.05) is 18.2 Å². The zero-order valence-corrected chi connectivity index (χ0v) is 11.3. The quantitative estimate of drug-likeness (QED) is 0.794. The number of anilines is 1. The van der Waals surface area contributed by atoms with Crippen molar-refractivity contribution < 1.29 is 8.78 Å². The number of allylic oxidation sites excluding steroid dienone is 2. The molecule has 1 aromatic heterocycles. The number of hydrogen-bond donors (Lipinski definition) is 1. The van der Waals surface area contributed by atoms with E-state index in [1.54, 1.807) is 6.20 Å². The summed E-state index contributed by atoms with van der Waals surface area (Å²) in [7, 11) is 0. The first-order chi connectivity index (χ1) is 10.2. The van der Waals surface area contributed by atoms with E-state index in [0.717, 1.165) is 18.2 Å². The van der Waals surface area contributed by atoms with Crippen LogP contribution in [0.3, 0.4) is 0 Å². The Morgan fingerprint density at radius 2 is 2.10 bits per heavy atom. The molecule has 0 saturated heterocycles. The van der Waals surface area contributed by atoms with E-state index in [1.807, 2.05) is 18.2 Å². The van der Waals surface area contributed by atoms with Gasteiger partial charge in [-0.15, -0.1) is 0 Å². The lowest BCUT2D eigenvalue weighted by atomic mass is 9.78. The fourth-order valence-electron chi connectivity index (χ4n) is 3.47. The topological polar surface area (TPSA) is 24.9 Å². The molecule has 0 bridgehead atoms. The molecule has 4 heteroatoms. The SMILES string of the molecule is Fc1cc(F)c2c(c1)C1C=CCC1[C@H](c1ccccn1)N2. The van der Waals surface area contributed by atoms with Crippen LogP contribution in [0.5, 0.6) is 0 Å². The fourth-order valence-corrected chi connectivity index (χ4v) is 3.47. The molecule has 0 amide bonds. The number of rotatable bonds is 1. The summed E-state index contributed by atoms with van der Waals surface area (Å²) >= 11 is 0. The average molecular weight is 284 g/mol. The Labute approximate surface area is 121 Å². The molecule has 3 atom stereocenters. The molecule has 1 N–H and O–H groups in total. The van der Waals surface area contributed by atoms with E-state index < -0.39 is 11.6 Å². The van der Waals surface area contributed by atoms with Crippen LogP contribution >= 0.6 is 0 Å². The molecule has 1 aliphatic heterocycles. The highest BCUT2D eigenvalue weighted by atomic mass is 19.1. The second-order valence-electron chi connectivity index (χ2n) is 5.58. The average Bonchev–Trinajstić information content (AvgIpc) is 2.97. The smallest absolute Gasteiger partial charge is 0.149 e. The van der Waals surface area contributed by atoms with E-state index >= 15 is 0 Å². The summed E-state index contributed by atoms with van der Waals surface area (Å²) in [5.74, 6) is -0.778. The van der Waals surface area contributed by atoms with Gasteiger partial charge in [0.2, 0.25) is 0 Å². The predicted molar refractivity (Wildman–Crippen MR) is 76.9 cm³/mol. The summed E-state index contributed by atoms with van der Waals surface area (Å²) in [6.07, 6.45) is 6.77. The standard InChI is InChI=1S/C17H14F2N2/c18-10-8-13-11-4-3-5-12(11)17(15-6-1-2-7-20-15)21-16(13)14(19)9-10/h1-4,6-9,11-12,17,21H,5H2/t11?,12?,17-/m1/s1. The Hall–Kier alpha value is -2.23. The van der Waals surface area contributed by atoms with Crippen LogP contribution in [0.25, 0.3) is 0 Å². The van der Waals surface area contributed by atoms with Crippen LogP contribution < -0.4 is 5.32 Å². The summed E-state index contributed by atoms with van der Waals surface area (Å²) in [6, 6.07) is 8.05. The first-order valence-electron chi connectivity index (χ1n) is 7.07. The molecule has 2 aromatic rings. The normalized spacial score (nSPS) is 26.1. The molecular weight excluding hydrogens is 270 g/mol. The van der Waals surface area contributed by atoms with Gasteiger partial charge in [-0.3, -0.25) is 4.98 Å². The maximum absolute atomic E-state index is 14.1. The van der Waals surface area contributed by atoms with Gasteiger partial charge in [0.25, 0.3) is 0 Å². The lowest BCUT2D eigenvalue weighted by Gasteiger charge is -2.37. The van der Waals surface area contributed by atoms with Crippen molar-refractivity contribution in [1.29, 1.82) is 0 Å². The predicted octanol–water partition coefficient (Wildman–Crippen LogP) is 4.19. The third-order valence-electron chi connectivity index (χ3n) is 4.39. The van der Waals surface area contributed by atoms with Gasteiger partial charge in [0.15, 0.2) is 0 Å². The lowest BCUT2D eigenvalue weighted by Crippen LogP contribution is -2.30. The van der Waals surface area contributed by atoms with Gasteiger partial charge < -0.3 is 5.32 Å². The first-order valence-corrected chi connectivity index (χ1v) is 7.07. The Kier molecular flexibility index (Phi) is 2.77. The van der Waals surface area contributed by atoms with Crippen LogP contribution in [0.2, 0.25) is 0 Å². The van der Waals surface area contributed by atoms with Crippen molar-refractivity contribution in [2.24, 2.45) is 5.92 Å². The minimum absolute atomic E-state index is 0.0402. The van der Waals surface area contributed by atoms with Crippen LogP contribution in [0, 0.1) is 17.6 Å². The lowest BCUT2D eigenvalue weighted by molar-refractivity contribution is 0.412. The number of hydrogen-bond acceptors (Lipinski definition) is 2. The molecule has 1 aromatic carbocycles. The molecule has 2 aliphatic rings. The zero-order valence-electron chi connectivity index (χ0n) is 11.3. The van der Waals surface area contributed by atoms with Crippen molar-refractivity contribution in [2.45, 2.75) is 18.4 Å². The van der Waals surface area contributed by atoms with E-state index in [1.165, 1.54) is 6.07 Å². The molecule has 2 nitrogen and oxygen atoms in total. The summed E-state index contributed by atoms with van der Waals surface area (Å²) in [6.45, 7) is 0. The second kappa shape index (κ2) is 4.65. The van der Waals surface area contributed by atoms with Crippen LogP contribution in [-0.4, -0.2) is 4.98 Å². The first kappa shape index (κ1) is 12.5. The molecule has 4 rings (SSSR count). The number of benzene rings is 1. The highest BCUT2D eigenvalue weighted by Crippen LogP contribution is 2.50. The van der Waals surface area contributed by atoms with Gasteiger partial charge in [0.1, 0.15) is 11.6 Å². The van der Waals surface area contributed by atoms with Gasteiger partial charge in [-0.1, -0.05) is 18.2 Å². The van der Waals surface area contributed by atoms with Crippen LogP contribution in [0.1, 0.15) is 29.6 Å². The Balaban J connectivity index is 1.84. The number of halogens is 2. The molecule has 0 saturated carbocycles. The van der Waals surface area contributed by atoms with E-state index in [0.29, 0.717) is 11.3 Å². The van der Waals surface area contributed by atoms with Crippen molar-refractivity contribution >= 4 is 5.69 Å². The molecule has 0 fully saturated rings. The Morgan fingerprint density at radius 1 is 1.19 bits per heavy atom. The Bertz CT molecular complexity index is 712. The van der Waals surface area contributed by atoms with Gasteiger partial charge in [-0.2, -0.15) is 0 Å². The fraction of sp³-hybridized carbons (Fsp3) is 0.235. The minimum Gasteiger partial charge on any atom is -0.374 e. The summed E-state index contributed by atoms with van der Waals surface area (Å²) in [5, 5.41) is 3.24. The van der Waals surface area contributed by atoms with Gasteiger partial charge in [0.05, 0.1) is 17.4 Å². The maximum Gasteiger partial charge on any atom is 0.149 e. The second-order valence-corrected chi connectivity index (χ2v) is 5.58. The molecule has 106 valence electrons. The third kappa shape index (κ3) is 1.94. The Morgan fingerprint density at radius 3 is 2.90 bits per heavy atom. The molecule has 0 spiro atoms. The molecule has 2 heterocycles. The van der Waals surface area contributed by atoms with Crippen molar-refractivity contribution in [3.63, 3.8) is 0 Å². The van der Waals surface area contributed by atoms with Crippen LogP contribution in [0.4, 0.5) is 14.5 Å². The van der Waals surface area contributed by atoms with E-state index in [-0.39, 0.29) is 17.9 Å². The van der Waals surface area contributed by atoms with E-state index in [2.05, 4.69) is 22.5 Å². The van der Waals surface area contributed by atoms with Gasteiger partial charge in [-0.05, 0) is 36.1 Å². The number of aromatic nitrogens is 1. The summed E-state index contributed by atoms with van der Waals surface area (Å²) in [4.78, 5) is 4.40. The number of fused-ring (bicyclic) bond motifs is 3. The molecule has 21 heavy (non-hydrogen) atoms. The van der Waals surface area contributed by atoms with Crippen LogP contribution in [-0.2, 0) is 0 Å². The molecule has 1 aliphatic carbocycles. The van der Waals surface area contributed by atoms with Crippen molar-refractivity contribution in [3.05, 3.63) is 71.6 Å². The van der Waals surface area contributed by atoms with Gasteiger partial charge in [-0.25, -0.2) is 8.78 Å². The maximum atomic E-state index is 14.1. The number of pyridine rings is 1. The highest BCUT2D eigenvalue weighted by Gasteiger charge is 2.39. The molecule has 0 radical (unpaired) electrons. The molecule has 2 unspecified atom stereocenters. The highest BCUT2D eigenvalue weighted by molar-refractivity contribution is 5.60. The summed E-state index contributed by atoms with van der Waals surface area (Å²) < 4.78 is 27.7. The van der Waals surface area contributed by atoms with Crippen molar-refractivity contribution in [1.82, 2.24) is 4.98 Å². The van der Waals surface area contributed by atoms with Crippen molar-refractivity contribution in [3.8, 4) is 0 Å². The third-order valence-corrected chi connectivity index (χ3v) is 4.39. The monoisotopic (exact) mass is 284 g/mol. The number of nitrogens with zero attached hydrogens (tertiary/aromatic N) is 1.